The van der Waals surface area contributed by atoms with Crippen LogP contribution in [0.3, 0.4) is 0 Å². The van der Waals surface area contributed by atoms with Crippen molar-refractivity contribution in [2.24, 2.45) is 0 Å². The highest BCUT2D eigenvalue weighted by molar-refractivity contribution is 5.31. The van der Waals surface area contributed by atoms with Crippen molar-refractivity contribution in [3.63, 3.8) is 0 Å². The molecular formula is C9H7F2NO. The largest absolute Gasteiger partial charge is 0.345 e. The van der Waals surface area contributed by atoms with Gasteiger partial charge >= 0.3 is 6.61 Å². The van der Waals surface area contributed by atoms with Crippen LogP contribution >= 0.6 is 0 Å². The minimum atomic E-state index is -2.75. The number of rotatable bonds is 3. The van der Waals surface area contributed by atoms with Gasteiger partial charge in [-0.25, -0.2) is 0 Å². The second-order valence-electron chi connectivity index (χ2n) is 2.38. The molecule has 0 heterocycles. The number of halogens is 2. The fourth-order valence-corrected chi connectivity index (χ4v) is 0.835. The van der Waals surface area contributed by atoms with Gasteiger partial charge in [-0.05, 0) is 17.7 Å². The van der Waals surface area contributed by atoms with E-state index in [-0.39, 0.29) is 6.61 Å². The molecule has 0 spiro atoms. The van der Waals surface area contributed by atoms with Crippen LogP contribution in [0, 0.1) is 11.3 Å². The van der Waals surface area contributed by atoms with Gasteiger partial charge in [0, 0.05) is 0 Å². The Hall–Kier alpha value is -1.47. The summed E-state index contributed by atoms with van der Waals surface area (Å²) in [5, 5.41) is 8.45. The van der Waals surface area contributed by atoms with Crippen LogP contribution in [0.4, 0.5) is 8.78 Å². The highest BCUT2D eigenvalue weighted by Gasteiger charge is 2.01. The van der Waals surface area contributed by atoms with Crippen molar-refractivity contribution < 1.29 is 13.5 Å². The second kappa shape index (κ2) is 4.53. The fourth-order valence-electron chi connectivity index (χ4n) is 0.835. The van der Waals surface area contributed by atoms with E-state index in [4.69, 9.17) is 5.26 Å². The van der Waals surface area contributed by atoms with Crippen LogP contribution in [-0.4, -0.2) is 6.61 Å². The van der Waals surface area contributed by atoms with E-state index in [1.807, 2.05) is 6.07 Å². The van der Waals surface area contributed by atoms with Crippen molar-refractivity contribution in [1.29, 1.82) is 5.26 Å². The first-order valence-corrected chi connectivity index (χ1v) is 3.61. The van der Waals surface area contributed by atoms with Gasteiger partial charge in [0.1, 0.15) is 0 Å². The maximum absolute atomic E-state index is 11.6. The summed E-state index contributed by atoms with van der Waals surface area (Å²) in [5.41, 5.74) is 1.13. The number of benzene rings is 1. The molecule has 0 aromatic heterocycles. The van der Waals surface area contributed by atoms with E-state index < -0.39 is 6.61 Å². The predicted molar refractivity (Wildman–Crippen MR) is 42.0 cm³/mol. The number of ether oxygens (including phenoxy) is 1. The summed E-state index contributed by atoms with van der Waals surface area (Å²) in [6, 6.07) is 8.22. The third-order valence-electron chi connectivity index (χ3n) is 1.46. The zero-order valence-electron chi connectivity index (χ0n) is 6.71. The summed E-state index contributed by atoms with van der Waals surface area (Å²) < 4.78 is 27.3. The van der Waals surface area contributed by atoms with Crippen LogP contribution in [0.5, 0.6) is 0 Å². The van der Waals surface area contributed by atoms with E-state index in [2.05, 4.69) is 4.74 Å². The molecule has 2 nitrogen and oxygen atoms in total. The highest BCUT2D eigenvalue weighted by atomic mass is 19.3. The monoisotopic (exact) mass is 183 g/mol. The second-order valence-corrected chi connectivity index (χ2v) is 2.38. The molecule has 0 aliphatic rings. The van der Waals surface area contributed by atoms with Crippen molar-refractivity contribution in [1.82, 2.24) is 0 Å². The summed E-state index contributed by atoms with van der Waals surface area (Å²) in [7, 11) is 0. The molecule has 1 aromatic carbocycles. The number of hydrogen-bond acceptors (Lipinski definition) is 2. The average Bonchev–Trinajstić information content (AvgIpc) is 2.15. The molecule has 4 heteroatoms. The van der Waals surface area contributed by atoms with Crippen LogP contribution in [0.2, 0.25) is 0 Å². The quantitative estimate of drug-likeness (QED) is 0.720. The van der Waals surface area contributed by atoms with E-state index in [0.29, 0.717) is 11.1 Å². The summed E-state index contributed by atoms with van der Waals surface area (Å²) in [5.74, 6) is 0. The SMILES string of the molecule is N#Cc1ccc(COC(F)F)cc1. The van der Waals surface area contributed by atoms with Crippen LogP contribution < -0.4 is 0 Å². The molecule has 0 fully saturated rings. The highest BCUT2D eigenvalue weighted by Crippen LogP contribution is 2.07. The van der Waals surface area contributed by atoms with E-state index in [1.165, 1.54) is 0 Å². The van der Waals surface area contributed by atoms with E-state index >= 15 is 0 Å². The summed E-state index contributed by atoms with van der Waals surface area (Å²) in [4.78, 5) is 0. The van der Waals surface area contributed by atoms with Crippen LogP contribution in [0.25, 0.3) is 0 Å². The van der Waals surface area contributed by atoms with Gasteiger partial charge in [0.25, 0.3) is 0 Å². The Labute approximate surface area is 74.4 Å². The van der Waals surface area contributed by atoms with Crippen molar-refractivity contribution in [2.45, 2.75) is 13.2 Å². The predicted octanol–water partition coefficient (Wildman–Crippen LogP) is 2.30. The summed E-state index contributed by atoms with van der Waals surface area (Å²) >= 11 is 0. The molecule has 0 aliphatic carbocycles. The molecule has 13 heavy (non-hydrogen) atoms. The molecule has 0 aliphatic heterocycles. The summed E-state index contributed by atoms with van der Waals surface area (Å²) in [6.07, 6.45) is 0. The standard InChI is InChI=1S/C9H7F2NO/c10-9(11)13-6-8-3-1-7(5-12)2-4-8/h1-4,9H,6H2. The van der Waals surface area contributed by atoms with E-state index in [9.17, 15) is 8.78 Å². The van der Waals surface area contributed by atoms with Gasteiger partial charge in [-0.1, -0.05) is 12.1 Å². The number of nitriles is 1. The molecule has 1 aromatic rings. The molecule has 1 rings (SSSR count). The molecule has 0 saturated carbocycles. The van der Waals surface area contributed by atoms with Gasteiger partial charge in [0.2, 0.25) is 0 Å². The Morgan fingerprint density at radius 2 is 1.92 bits per heavy atom. The average molecular weight is 183 g/mol. The normalized spacial score (nSPS) is 10.0. The zero-order chi connectivity index (χ0) is 9.68. The molecule has 0 atom stereocenters. The smallest absolute Gasteiger partial charge is 0.318 e. The molecule has 0 amide bonds. The van der Waals surface area contributed by atoms with Crippen molar-refractivity contribution >= 4 is 0 Å². The lowest BCUT2D eigenvalue weighted by Crippen LogP contribution is -1.98. The minimum absolute atomic E-state index is 0.136. The van der Waals surface area contributed by atoms with Crippen molar-refractivity contribution in [3.8, 4) is 6.07 Å². The molecule has 0 unspecified atom stereocenters. The molecule has 0 radical (unpaired) electrons. The lowest BCUT2D eigenvalue weighted by atomic mass is 10.2. The van der Waals surface area contributed by atoms with Gasteiger partial charge in [-0.15, -0.1) is 0 Å². The summed E-state index contributed by atoms with van der Waals surface area (Å²) in [6.45, 7) is -2.89. The third kappa shape index (κ3) is 3.18. The first-order chi connectivity index (χ1) is 6.22. The molecular weight excluding hydrogens is 176 g/mol. The van der Waals surface area contributed by atoms with E-state index in [1.54, 1.807) is 24.3 Å². The Morgan fingerprint density at radius 1 is 1.31 bits per heavy atom. The van der Waals surface area contributed by atoms with Gasteiger partial charge in [-0.2, -0.15) is 14.0 Å². The molecule has 0 saturated heterocycles. The Balaban J connectivity index is 2.55. The van der Waals surface area contributed by atoms with Crippen molar-refractivity contribution in [2.75, 3.05) is 0 Å². The zero-order valence-corrected chi connectivity index (χ0v) is 6.71. The molecule has 0 N–H and O–H groups in total. The Morgan fingerprint density at radius 3 is 2.38 bits per heavy atom. The first kappa shape index (κ1) is 9.62. The number of hydrogen-bond donors (Lipinski definition) is 0. The van der Waals surface area contributed by atoms with Gasteiger partial charge in [0.15, 0.2) is 0 Å². The first-order valence-electron chi connectivity index (χ1n) is 3.61. The van der Waals surface area contributed by atoms with Gasteiger partial charge in [-0.3, -0.25) is 0 Å². The molecule has 0 bridgehead atoms. The van der Waals surface area contributed by atoms with E-state index in [0.717, 1.165) is 0 Å². The Bertz CT molecular complexity index is 302. The number of nitrogens with zero attached hydrogens (tertiary/aromatic N) is 1. The Kier molecular flexibility index (Phi) is 3.35. The minimum Gasteiger partial charge on any atom is -0.318 e. The molecule has 68 valence electrons. The maximum Gasteiger partial charge on any atom is 0.345 e. The lowest BCUT2D eigenvalue weighted by molar-refractivity contribution is -0.137. The number of alkyl halides is 2. The maximum atomic E-state index is 11.6. The van der Waals surface area contributed by atoms with Gasteiger partial charge in [0.05, 0.1) is 18.2 Å². The van der Waals surface area contributed by atoms with Crippen LogP contribution in [-0.2, 0) is 11.3 Å². The van der Waals surface area contributed by atoms with Crippen LogP contribution in [0.15, 0.2) is 24.3 Å². The topological polar surface area (TPSA) is 33.0 Å². The van der Waals surface area contributed by atoms with Gasteiger partial charge < -0.3 is 4.74 Å². The van der Waals surface area contributed by atoms with Crippen LogP contribution in [0.1, 0.15) is 11.1 Å². The van der Waals surface area contributed by atoms with Crippen molar-refractivity contribution in [3.05, 3.63) is 35.4 Å². The fraction of sp³-hybridized carbons (Fsp3) is 0.222. The third-order valence-corrected chi connectivity index (χ3v) is 1.46. The lowest BCUT2D eigenvalue weighted by Gasteiger charge is -2.01.